The van der Waals surface area contributed by atoms with Gasteiger partial charge in [-0.05, 0) is 27.2 Å². The molecule has 1 unspecified atom stereocenters. The molecule has 1 saturated carbocycles. The number of amides is 1. The van der Waals surface area contributed by atoms with Crippen LogP contribution in [-0.2, 0) is 9.53 Å². The van der Waals surface area contributed by atoms with Crippen LogP contribution in [0.4, 0.5) is 4.79 Å². The molecule has 2 fully saturated rings. The molecule has 4 nitrogen and oxygen atoms in total. The SMILES string of the molecule is CC1C(=O)CCC12CN(C(=O)OC(C)(C)C)C2. The molecule has 0 bridgehead atoms. The van der Waals surface area contributed by atoms with Crippen LogP contribution in [0, 0.1) is 11.3 Å². The van der Waals surface area contributed by atoms with Crippen LogP contribution in [0.25, 0.3) is 0 Å². The zero-order chi connectivity index (χ0) is 12.8. The highest BCUT2D eigenvalue weighted by molar-refractivity contribution is 5.84. The predicted octanol–water partition coefficient (Wildman–Crippen LogP) is 2.22. The zero-order valence-electron chi connectivity index (χ0n) is 11.1. The number of rotatable bonds is 0. The second-order valence-electron chi connectivity index (χ2n) is 6.39. The molecule has 2 rings (SSSR count). The van der Waals surface area contributed by atoms with E-state index in [1.165, 1.54) is 0 Å². The molecular weight excluding hydrogens is 218 g/mol. The molecule has 1 atom stereocenters. The number of hydrogen-bond donors (Lipinski definition) is 0. The van der Waals surface area contributed by atoms with Gasteiger partial charge in [-0.1, -0.05) is 6.92 Å². The highest BCUT2D eigenvalue weighted by Crippen LogP contribution is 2.48. The lowest BCUT2D eigenvalue weighted by Crippen LogP contribution is -2.60. The smallest absolute Gasteiger partial charge is 0.410 e. The average molecular weight is 239 g/mol. The second-order valence-corrected chi connectivity index (χ2v) is 6.39. The Bertz CT molecular complexity index is 350. The van der Waals surface area contributed by atoms with E-state index in [0.29, 0.717) is 25.3 Å². The average Bonchev–Trinajstić information content (AvgIpc) is 2.39. The van der Waals surface area contributed by atoms with Gasteiger partial charge in [0.15, 0.2) is 0 Å². The van der Waals surface area contributed by atoms with Gasteiger partial charge in [0.25, 0.3) is 0 Å². The minimum absolute atomic E-state index is 0.0496. The maximum absolute atomic E-state index is 11.8. The van der Waals surface area contributed by atoms with Crippen molar-refractivity contribution in [1.82, 2.24) is 4.90 Å². The fourth-order valence-corrected chi connectivity index (χ4v) is 2.75. The molecule has 0 aromatic rings. The quantitative estimate of drug-likeness (QED) is 0.651. The number of Topliss-reactive ketones (excluding diaryl/α,β-unsaturated/α-hetero) is 1. The Balaban J connectivity index is 1.91. The van der Waals surface area contributed by atoms with Crippen LogP contribution < -0.4 is 0 Å². The van der Waals surface area contributed by atoms with Gasteiger partial charge in [0.1, 0.15) is 11.4 Å². The molecule has 0 N–H and O–H groups in total. The summed E-state index contributed by atoms with van der Waals surface area (Å²) in [5, 5.41) is 0. The standard InChI is InChI=1S/C13H21NO3/c1-9-10(15)5-6-13(9)7-14(8-13)11(16)17-12(2,3)4/h9H,5-8H2,1-4H3. The molecule has 0 aromatic carbocycles. The van der Waals surface area contributed by atoms with Crippen molar-refractivity contribution in [3.63, 3.8) is 0 Å². The van der Waals surface area contributed by atoms with Crippen molar-refractivity contribution in [3.05, 3.63) is 0 Å². The predicted molar refractivity (Wildman–Crippen MR) is 63.6 cm³/mol. The van der Waals surface area contributed by atoms with Crippen LogP contribution >= 0.6 is 0 Å². The van der Waals surface area contributed by atoms with Gasteiger partial charge in [-0.2, -0.15) is 0 Å². The van der Waals surface area contributed by atoms with E-state index in [2.05, 4.69) is 0 Å². The Hall–Kier alpha value is -1.06. The van der Waals surface area contributed by atoms with E-state index in [4.69, 9.17) is 4.74 Å². The lowest BCUT2D eigenvalue weighted by Gasteiger charge is -2.50. The van der Waals surface area contributed by atoms with Crippen molar-refractivity contribution < 1.29 is 14.3 Å². The Kier molecular flexibility index (Phi) is 2.71. The Morgan fingerprint density at radius 1 is 1.41 bits per heavy atom. The molecule has 1 spiro atoms. The van der Waals surface area contributed by atoms with Gasteiger partial charge in [-0.15, -0.1) is 0 Å². The summed E-state index contributed by atoms with van der Waals surface area (Å²) in [6, 6.07) is 0. The highest BCUT2D eigenvalue weighted by atomic mass is 16.6. The monoisotopic (exact) mass is 239 g/mol. The fourth-order valence-electron chi connectivity index (χ4n) is 2.75. The molecule has 17 heavy (non-hydrogen) atoms. The van der Waals surface area contributed by atoms with E-state index >= 15 is 0 Å². The van der Waals surface area contributed by atoms with Crippen LogP contribution in [0.5, 0.6) is 0 Å². The zero-order valence-corrected chi connectivity index (χ0v) is 11.1. The largest absolute Gasteiger partial charge is 0.444 e. The van der Waals surface area contributed by atoms with Crippen LogP contribution in [0.2, 0.25) is 0 Å². The molecule has 2 aliphatic rings. The Labute approximate surface area is 102 Å². The van der Waals surface area contributed by atoms with E-state index in [-0.39, 0.29) is 17.4 Å². The van der Waals surface area contributed by atoms with E-state index in [1.807, 2.05) is 27.7 Å². The summed E-state index contributed by atoms with van der Waals surface area (Å²) in [7, 11) is 0. The number of likely N-dealkylation sites (tertiary alicyclic amines) is 1. The van der Waals surface area contributed by atoms with Gasteiger partial charge in [0.05, 0.1) is 0 Å². The lowest BCUT2D eigenvalue weighted by atomic mass is 9.72. The van der Waals surface area contributed by atoms with Crippen molar-refractivity contribution in [1.29, 1.82) is 0 Å². The van der Waals surface area contributed by atoms with E-state index in [1.54, 1.807) is 4.90 Å². The third-order valence-corrected chi connectivity index (χ3v) is 3.93. The first kappa shape index (κ1) is 12.4. The van der Waals surface area contributed by atoms with Crippen molar-refractivity contribution in [2.45, 2.75) is 46.1 Å². The van der Waals surface area contributed by atoms with Gasteiger partial charge in [0.2, 0.25) is 0 Å². The summed E-state index contributed by atoms with van der Waals surface area (Å²) in [5.41, 5.74) is -0.398. The number of carbonyl (C=O) groups excluding carboxylic acids is 2. The molecule has 1 heterocycles. The van der Waals surface area contributed by atoms with Gasteiger partial charge >= 0.3 is 6.09 Å². The first-order chi connectivity index (χ1) is 7.73. The number of hydrogen-bond acceptors (Lipinski definition) is 3. The van der Waals surface area contributed by atoms with Gasteiger partial charge in [0, 0.05) is 30.8 Å². The summed E-state index contributed by atoms with van der Waals surface area (Å²) in [6.45, 7) is 8.93. The third kappa shape index (κ3) is 2.17. The summed E-state index contributed by atoms with van der Waals surface area (Å²) < 4.78 is 5.31. The number of nitrogens with zero attached hydrogens (tertiary/aromatic N) is 1. The Morgan fingerprint density at radius 2 is 2.00 bits per heavy atom. The molecule has 0 radical (unpaired) electrons. The molecule has 1 saturated heterocycles. The van der Waals surface area contributed by atoms with Gasteiger partial charge in [-0.25, -0.2) is 4.79 Å². The number of carbonyl (C=O) groups is 2. The van der Waals surface area contributed by atoms with Crippen LogP contribution in [0.3, 0.4) is 0 Å². The van der Waals surface area contributed by atoms with Crippen molar-refractivity contribution in [3.8, 4) is 0 Å². The summed E-state index contributed by atoms with van der Waals surface area (Å²) in [5.74, 6) is 0.440. The third-order valence-electron chi connectivity index (χ3n) is 3.93. The highest BCUT2D eigenvalue weighted by Gasteiger charge is 2.54. The summed E-state index contributed by atoms with van der Waals surface area (Å²) in [6.07, 6.45) is 1.34. The molecule has 1 aliphatic carbocycles. The normalized spacial score (nSPS) is 27.2. The summed E-state index contributed by atoms with van der Waals surface area (Å²) >= 11 is 0. The molecule has 4 heteroatoms. The minimum Gasteiger partial charge on any atom is -0.444 e. The minimum atomic E-state index is -0.447. The maximum Gasteiger partial charge on any atom is 0.410 e. The maximum atomic E-state index is 11.8. The molecule has 96 valence electrons. The molecular formula is C13H21NO3. The van der Waals surface area contributed by atoms with Crippen molar-refractivity contribution in [2.24, 2.45) is 11.3 Å². The van der Waals surface area contributed by atoms with Crippen molar-refractivity contribution >= 4 is 11.9 Å². The molecule has 0 aromatic heterocycles. The molecule has 1 aliphatic heterocycles. The number of ketones is 1. The van der Waals surface area contributed by atoms with Crippen molar-refractivity contribution in [2.75, 3.05) is 13.1 Å². The van der Waals surface area contributed by atoms with Gasteiger partial charge < -0.3 is 9.64 Å². The van der Waals surface area contributed by atoms with Gasteiger partial charge in [-0.3, -0.25) is 4.79 Å². The first-order valence-corrected chi connectivity index (χ1v) is 6.24. The lowest BCUT2D eigenvalue weighted by molar-refractivity contribution is -0.124. The van der Waals surface area contributed by atoms with Crippen LogP contribution in [-0.4, -0.2) is 35.5 Å². The second kappa shape index (κ2) is 3.72. The first-order valence-electron chi connectivity index (χ1n) is 6.24. The van der Waals surface area contributed by atoms with E-state index in [0.717, 1.165) is 6.42 Å². The molecule has 1 amide bonds. The van der Waals surface area contributed by atoms with Crippen LogP contribution in [0.15, 0.2) is 0 Å². The topological polar surface area (TPSA) is 46.6 Å². The van der Waals surface area contributed by atoms with Crippen LogP contribution in [0.1, 0.15) is 40.5 Å². The van der Waals surface area contributed by atoms with E-state index in [9.17, 15) is 9.59 Å². The number of ether oxygens (including phenoxy) is 1. The van der Waals surface area contributed by atoms with E-state index < -0.39 is 5.60 Å². The summed E-state index contributed by atoms with van der Waals surface area (Å²) in [4.78, 5) is 25.0. The Morgan fingerprint density at radius 3 is 2.41 bits per heavy atom. The fraction of sp³-hybridized carbons (Fsp3) is 0.846.